The predicted molar refractivity (Wildman–Crippen MR) is 107 cm³/mol. The van der Waals surface area contributed by atoms with Gasteiger partial charge in [0.05, 0.1) is 11.0 Å². The highest BCUT2D eigenvalue weighted by molar-refractivity contribution is 8.00. The number of nitrogens with zero attached hydrogens (tertiary/aromatic N) is 1. The first-order chi connectivity index (χ1) is 14.1. The minimum atomic E-state index is -0.710. The van der Waals surface area contributed by atoms with Crippen LogP contribution in [-0.2, 0) is 23.9 Å². The van der Waals surface area contributed by atoms with Crippen LogP contribution in [0.4, 0.5) is 0 Å². The van der Waals surface area contributed by atoms with Crippen LogP contribution < -0.4 is 5.32 Å². The summed E-state index contributed by atoms with van der Waals surface area (Å²) in [5.41, 5.74) is -0.118. The zero-order valence-corrected chi connectivity index (χ0v) is 17.5. The van der Waals surface area contributed by atoms with E-state index in [4.69, 9.17) is 9.47 Å². The molecule has 9 nitrogen and oxygen atoms in total. The molecular weight excluding hydrogens is 412 g/mol. The van der Waals surface area contributed by atoms with Crippen LogP contribution in [0.3, 0.4) is 0 Å². The summed E-state index contributed by atoms with van der Waals surface area (Å²) < 4.78 is 9.86. The van der Waals surface area contributed by atoms with E-state index >= 15 is 0 Å². The lowest BCUT2D eigenvalue weighted by Gasteiger charge is -2.47. The van der Waals surface area contributed by atoms with Crippen molar-refractivity contribution in [2.75, 3.05) is 12.5 Å². The topological polar surface area (TPSA) is 122 Å². The van der Waals surface area contributed by atoms with Crippen molar-refractivity contribution in [3.05, 3.63) is 41.6 Å². The number of amides is 2. The number of hydrogen-bond donors (Lipinski definition) is 2. The molecular formula is C20H22N2O7S. The Morgan fingerprint density at radius 1 is 1.20 bits per heavy atom. The van der Waals surface area contributed by atoms with Gasteiger partial charge in [0.15, 0.2) is 0 Å². The number of thioether (sulfide) groups is 1. The van der Waals surface area contributed by atoms with E-state index in [0.717, 1.165) is 0 Å². The van der Waals surface area contributed by atoms with Crippen molar-refractivity contribution in [2.24, 2.45) is 5.41 Å². The van der Waals surface area contributed by atoms with Crippen LogP contribution in [0.1, 0.15) is 31.1 Å². The number of benzene rings is 1. The predicted octanol–water partition coefficient (Wildman–Crippen LogP) is 1.38. The molecule has 0 saturated carbocycles. The Kier molecular flexibility index (Phi) is 6.06. The molecule has 1 saturated heterocycles. The Labute approximate surface area is 177 Å². The maximum absolute atomic E-state index is 12.4. The summed E-state index contributed by atoms with van der Waals surface area (Å²) in [5, 5.41) is 11.6. The van der Waals surface area contributed by atoms with E-state index in [1.54, 1.807) is 20.8 Å². The van der Waals surface area contributed by atoms with Gasteiger partial charge in [-0.25, -0.2) is 4.79 Å². The summed E-state index contributed by atoms with van der Waals surface area (Å²) >= 11 is 1.32. The van der Waals surface area contributed by atoms with Gasteiger partial charge in [0.25, 0.3) is 11.8 Å². The summed E-state index contributed by atoms with van der Waals surface area (Å²) in [4.78, 5) is 49.9. The molecule has 2 N–H and O–H groups in total. The Balaban J connectivity index is 1.53. The van der Waals surface area contributed by atoms with E-state index in [-0.39, 0.29) is 28.4 Å². The lowest BCUT2D eigenvalue weighted by Crippen LogP contribution is -2.68. The minimum Gasteiger partial charge on any atom is -0.508 e. The summed E-state index contributed by atoms with van der Waals surface area (Å²) in [6.45, 7) is 4.55. The highest BCUT2D eigenvalue weighted by Crippen LogP contribution is 2.36. The number of nitrogens with one attached hydrogen (secondary N) is 1. The maximum Gasteiger partial charge on any atom is 0.339 e. The zero-order valence-electron chi connectivity index (χ0n) is 16.7. The first-order valence-electron chi connectivity index (χ1n) is 9.16. The number of carbonyl (C=O) groups is 4. The van der Waals surface area contributed by atoms with Gasteiger partial charge in [0.2, 0.25) is 6.79 Å². The fraction of sp³-hybridized carbons (Fsp3) is 0.400. The number of carbonyl (C=O) groups excluding carboxylic acids is 4. The largest absolute Gasteiger partial charge is 0.508 e. The molecule has 30 heavy (non-hydrogen) atoms. The fourth-order valence-corrected chi connectivity index (χ4v) is 3.95. The molecule has 2 atom stereocenters. The van der Waals surface area contributed by atoms with Gasteiger partial charge in [-0.3, -0.25) is 14.4 Å². The third-order valence-corrected chi connectivity index (χ3v) is 5.77. The monoisotopic (exact) mass is 434 g/mol. The van der Waals surface area contributed by atoms with Crippen molar-refractivity contribution < 1.29 is 33.8 Å². The number of aromatic hydroxyl groups is 1. The number of ether oxygens (including phenoxy) is 2. The molecule has 2 amide bonds. The minimum absolute atomic E-state index is 0.0398. The number of fused-ring (bicyclic) bond motifs is 1. The summed E-state index contributed by atoms with van der Waals surface area (Å²) in [6, 6.07) is 4.98. The Morgan fingerprint density at radius 2 is 1.87 bits per heavy atom. The Morgan fingerprint density at radius 3 is 2.50 bits per heavy atom. The molecule has 0 spiro atoms. The van der Waals surface area contributed by atoms with Crippen molar-refractivity contribution >= 4 is 35.5 Å². The molecule has 1 fully saturated rings. The molecule has 10 heteroatoms. The van der Waals surface area contributed by atoms with Crippen molar-refractivity contribution in [3.63, 3.8) is 0 Å². The maximum atomic E-state index is 12.4. The molecule has 0 radical (unpaired) electrons. The number of β-lactam (4-membered cyclic amide) rings is 1. The Hall–Kier alpha value is -3.01. The van der Waals surface area contributed by atoms with E-state index < -0.39 is 36.1 Å². The molecule has 1 aromatic rings. The summed E-state index contributed by atoms with van der Waals surface area (Å²) in [5.74, 6) is -1.61. The van der Waals surface area contributed by atoms with E-state index in [1.165, 1.54) is 47.1 Å². The third kappa shape index (κ3) is 4.59. The quantitative estimate of drug-likeness (QED) is 0.405. The van der Waals surface area contributed by atoms with Crippen molar-refractivity contribution in [2.45, 2.75) is 32.2 Å². The van der Waals surface area contributed by atoms with Crippen LogP contribution in [0.15, 0.2) is 36.0 Å². The van der Waals surface area contributed by atoms with Crippen LogP contribution in [0, 0.1) is 5.41 Å². The fourth-order valence-electron chi connectivity index (χ4n) is 2.71. The second kappa shape index (κ2) is 8.39. The van der Waals surface area contributed by atoms with Crippen LogP contribution in [0.5, 0.6) is 5.75 Å². The van der Waals surface area contributed by atoms with Gasteiger partial charge in [0, 0.05) is 17.5 Å². The molecule has 3 rings (SSSR count). The number of hydrogen-bond acceptors (Lipinski definition) is 8. The van der Waals surface area contributed by atoms with E-state index in [1.807, 2.05) is 0 Å². The van der Waals surface area contributed by atoms with Gasteiger partial charge in [-0.15, -0.1) is 11.8 Å². The lowest BCUT2D eigenvalue weighted by atomic mass is 9.98. The van der Waals surface area contributed by atoms with Crippen molar-refractivity contribution in [1.29, 1.82) is 0 Å². The molecule has 0 aliphatic carbocycles. The summed E-state index contributed by atoms with van der Waals surface area (Å²) in [6.07, 6.45) is 1.40. The van der Waals surface area contributed by atoms with E-state index in [9.17, 15) is 24.3 Å². The van der Waals surface area contributed by atoms with Gasteiger partial charge in [-0.1, -0.05) is 0 Å². The first-order valence-corrected chi connectivity index (χ1v) is 10.2. The smallest absolute Gasteiger partial charge is 0.339 e. The van der Waals surface area contributed by atoms with Gasteiger partial charge >= 0.3 is 11.9 Å². The van der Waals surface area contributed by atoms with Crippen LogP contribution in [-0.4, -0.2) is 57.7 Å². The highest BCUT2D eigenvalue weighted by Gasteiger charge is 2.50. The van der Waals surface area contributed by atoms with Crippen LogP contribution >= 0.6 is 11.8 Å². The van der Waals surface area contributed by atoms with Gasteiger partial charge in [0.1, 0.15) is 17.2 Å². The molecule has 1 unspecified atom stereocenters. The SMILES string of the molecule is CC(C)(C)C(=O)OCOC(=O)C1=CN2C(=O)C(NC(=O)c3ccc(O)cc3)[C@H]2SC1. The molecule has 2 heterocycles. The molecule has 2 aliphatic rings. The van der Waals surface area contributed by atoms with Crippen molar-refractivity contribution in [3.8, 4) is 5.75 Å². The van der Waals surface area contributed by atoms with E-state index in [0.29, 0.717) is 5.56 Å². The standard InChI is InChI=1S/C20H22N2O7S/c1-20(2,3)19(27)29-10-28-18(26)12-8-22-16(25)14(17(22)30-9-12)21-15(24)11-4-6-13(23)7-5-11/h4-8,14,17,23H,9-10H2,1-3H3,(H,21,24)/t14?,17-/m1/s1. The lowest BCUT2D eigenvalue weighted by molar-refractivity contribution is -0.171. The number of phenolic OH excluding ortho intramolecular Hbond substituents is 1. The number of rotatable bonds is 5. The second-order valence-electron chi connectivity index (χ2n) is 7.83. The third-order valence-electron chi connectivity index (χ3n) is 4.46. The average Bonchev–Trinajstić information content (AvgIpc) is 2.70. The number of phenols is 1. The van der Waals surface area contributed by atoms with Gasteiger partial charge in [-0.05, 0) is 45.0 Å². The van der Waals surface area contributed by atoms with Crippen molar-refractivity contribution in [1.82, 2.24) is 10.2 Å². The van der Waals surface area contributed by atoms with Crippen LogP contribution in [0.2, 0.25) is 0 Å². The molecule has 0 aromatic heterocycles. The zero-order chi connectivity index (χ0) is 22.1. The normalized spacial score (nSPS) is 20.4. The molecule has 2 aliphatic heterocycles. The van der Waals surface area contributed by atoms with Crippen LogP contribution in [0.25, 0.3) is 0 Å². The highest BCUT2D eigenvalue weighted by atomic mass is 32.2. The van der Waals surface area contributed by atoms with Gasteiger partial charge < -0.3 is 24.8 Å². The molecule has 0 bridgehead atoms. The average molecular weight is 434 g/mol. The summed E-state index contributed by atoms with van der Waals surface area (Å²) in [7, 11) is 0. The first kappa shape index (κ1) is 21.7. The number of esters is 2. The van der Waals surface area contributed by atoms with Gasteiger partial charge in [-0.2, -0.15) is 0 Å². The molecule has 160 valence electrons. The second-order valence-corrected chi connectivity index (χ2v) is 8.94. The Bertz CT molecular complexity index is 905. The molecule has 1 aromatic carbocycles. The van der Waals surface area contributed by atoms with E-state index in [2.05, 4.69) is 5.32 Å².